The Bertz CT molecular complexity index is 363. The van der Waals surface area contributed by atoms with Crippen LogP contribution in [0.4, 0.5) is 0 Å². The molecule has 18 heavy (non-hydrogen) atoms. The first-order chi connectivity index (χ1) is 8.58. The maximum absolute atomic E-state index is 11.6. The molecule has 1 aromatic rings. The third-order valence-corrected chi connectivity index (χ3v) is 2.74. The Balaban J connectivity index is 2.15. The van der Waals surface area contributed by atoms with E-state index in [1.165, 1.54) is 0 Å². The van der Waals surface area contributed by atoms with Crippen molar-refractivity contribution in [2.75, 3.05) is 13.1 Å². The second-order valence-corrected chi connectivity index (χ2v) is 5.19. The minimum Gasteiger partial charge on any atom is -0.352 e. The highest BCUT2D eigenvalue weighted by molar-refractivity contribution is 6.30. The van der Waals surface area contributed by atoms with Gasteiger partial charge in [-0.1, -0.05) is 37.6 Å². The van der Waals surface area contributed by atoms with Gasteiger partial charge >= 0.3 is 0 Å². The maximum Gasteiger partial charge on any atom is 0.221 e. The van der Waals surface area contributed by atoms with Crippen LogP contribution in [0.25, 0.3) is 0 Å². The largest absolute Gasteiger partial charge is 0.352 e. The van der Waals surface area contributed by atoms with E-state index in [9.17, 15) is 4.79 Å². The highest BCUT2D eigenvalue weighted by Gasteiger charge is 2.01. The SMILES string of the molecule is CC(C)CNCCC(=O)NCc1ccc(Cl)cc1. The lowest BCUT2D eigenvalue weighted by molar-refractivity contribution is -0.121. The summed E-state index contributed by atoms with van der Waals surface area (Å²) in [5, 5.41) is 6.84. The molecule has 0 aliphatic heterocycles. The van der Waals surface area contributed by atoms with Gasteiger partial charge in [-0.3, -0.25) is 4.79 Å². The molecule has 3 nitrogen and oxygen atoms in total. The average Bonchev–Trinajstić information content (AvgIpc) is 2.34. The van der Waals surface area contributed by atoms with Gasteiger partial charge in [-0.25, -0.2) is 0 Å². The van der Waals surface area contributed by atoms with Crippen molar-refractivity contribution in [3.8, 4) is 0 Å². The Hall–Kier alpha value is -1.06. The Morgan fingerprint density at radius 2 is 1.94 bits per heavy atom. The van der Waals surface area contributed by atoms with Crippen LogP contribution in [0.2, 0.25) is 5.02 Å². The van der Waals surface area contributed by atoms with Crippen LogP contribution in [0.15, 0.2) is 24.3 Å². The number of carbonyl (C=O) groups excluding carboxylic acids is 1. The summed E-state index contributed by atoms with van der Waals surface area (Å²) in [4.78, 5) is 11.6. The van der Waals surface area contributed by atoms with Gasteiger partial charge in [-0.2, -0.15) is 0 Å². The summed E-state index contributed by atoms with van der Waals surface area (Å²) >= 11 is 5.79. The van der Waals surface area contributed by atoms with Gasteiger partial charge in [0.15, 0.2) is 0 Å². The number of amides is 1. The molecule has 0 aliphatic rings. The summed E-state index contributed by atoms with van der Waals surface area (Å²) in [5.74, 6) is 0.684. The Morgan fingerprint density at radius 1 is 1.28 bits per heavy atom. The van der Waals surface area contributed by atoms with Gasteiger partial charge in [0, 0.05) is 24.5 Å². The molecule has 1 aromatic carbocycles. The number of benzene rings is 1. The first kappa shape index (κ1) is 15.0. The van der Waals surface area contributed by atoms with Crippen LogP contribution in [-0.4, -0.2) is 19.0 Å². The molecule has 4 heteroatoms. The molecule has 0 aromatic heterocycles. The Morgan fingerprint density at radius 3 is 2.56 bits per heavy atom. The predicted octanol–water partition coefficient (Wildman–Crippen LogP) is 2.59. The van der Waals surface area contributed by atoms with E-state index in [1.54, 1.807) is 0 Å². The number of halogens is 1. The van der Waals surface area contributed by atoms with Crippen molar-refractivity contribution >= 4 is 17.5 Å². The molecule has 0 radical (unpaired) electrons. The number of hydrogen-bond acceptors (Lipinski definition) is 2. The monoisotopic (exact) mass is 268 g/mol. The van der Waals surface area contributed by atoms with Gasteiger partial charge in [0.1, 0.15) is 0 Å². The fourth-order valence-corrected chi connectivity index (χ4v) is 1.61. The Kier molecular flexibility index (Phi) is 6.76. The third-order valence-electron chi connectivity index (χ3n) is 2.48. The lowest BCUT2D eigenvalue weighted by atomic mass is 10.2. The van der Waals surface area contributed by atoms with Crippen molar-refractivity contribution in [1.82, 2.24) is 10.6 Å². The molecule has 100 valence electrons. The van der Waals surface area contributed by atoms with Gasteiger partial charge in [-0.05, 0) is 30.2 Å². The van der Waals surface area contributed by atoms with Gasteiger partial charge < -0.3 is 10.6 Å². The van der Waals surface area contributed by atoms with E-state index in [2.05, 4.69) is 24.5 Å². The zero-order valence-electron chi connectivity index (χ0n) is 11.0. The second-order valence-electron chi connectivity index (χ2n) is 4.75. The average molecular weight is 269 g/mol. The van der Waals surface area contributed by atoms with E-state index in [0.29, 0.717) is 23.9 Å². The van der Waals surface area contributed by atoms with Gasteiger partial charge in [0.2, 0.25) is 5.91 Å². The fraction of sp³-hybridized carbons (Fsp3) is 0.500. The van der Waals surface area contributed by atoms with Crippen molar-refractivity contribution in [3.63, 3.8) is 0 Å². The van der Waals surface area contributed by atoms with E-state index in [0.717, 1.165) is 18.7 Å². The summed E-state index contributed by atoms with van der Waals surface area (Å²) < 4.78 is 0. The molecular weight excluding hydrogens is 248 g/mol. The molecule has 0 aliphatic carbocycles. The van der Waals surface area contributed by atoms with Crippen molar-refractivity contribution < 1.29 is 4.79 Å². The summed E-state index contributed by atoms with van der Waals surface area (Å²) in [6, 6.07) is 7.49. The lowest BCUT2D eigenvalue weighted by Gasteiger charge is -2.08. The van der Waals surface area contributed by atoms with E-state index >= 15 is 0 Å². The molecule has 0 spiro atoms. The molecule has 0 saturated carbocycles. The Labute approximate surface area is 114 Å². The molecule has 0 unspecified atom stereocenters. The van der Waals surface area contributed by atoms with E-state index < -0.39 is 0 Å². The van der Waals surface area contributed by atoms with E-state index in [-0.39, 0.29) is 5.91 Å². The first-order valence-electron chi connectivity index (χ1n) is 6.30. The maximum atomic E-state index is 11.6. The third kappa shape index (κ3) is 6.62. The standard InChI is InChI=1S/C14H21ClN2O/c1-11(2)9-16-8-7-14(18)17-10-12-3-5-13(15)6-4-12/h3-6,11,16H,7-10H2,1-2H3,(H,17,18). The number of hydrogen-bond donors (Lipinski definition) is 2. The van der Waals surface area contributed by atoms with Crippen LogP contribution in [0.5, 0.6) is 0 Å². The normalized spacial score (nSPS) is 10.7. The van der Waals surface area contributed by atoms with E-state index in [4.69, 9.17) is 11.6 Å². The van der Waals surface area contributed by atoms with Gasteiger partial charge in [-0.15, -0.1) is 0 Å². The summed E-state index contributed by atoms with van der Waals surface area (Å²) in [7, 11) is 0. The molecule has 0 bridgehead atoms. The summed E-state index contributed by atoms with van der Waals surface area (Å²) in [5.41, 5.74) is 1.06. The van der Waals surface area contributed by atoms with Gasteiger partial charge in [0.05, 0.1) is 0 Å². The minimum atomic E-state index is 0.0706. The lowest BCUT2D eigenvalue weighted by Crippen LogP contribution is -2.28. The smallest absolute Gasteiger partial charge is 0.221 e. The van der Waals surface area contributed by atoms with Crippen molar-refractivity contribution in [2.45, 2.75) is 26.8 Å². The quantitative estimate of drug-likeness (QED) is 0.747. The summed E-state index contributed by atoms with van der Waals surface area (Å²) in [6.45, 7) is 6.52. The van der Waals surface area contributed by atoms with E-state index in [1.807, 2.05) is 24.3 Å². The topological polar surface area (TPSA) is 41.1 Å². The van der Waals surface area contributed by atoms with Crippen LogP contribution in [0.3, 0.4) is 0 Å². The van der Waals surface area contributed by atoms with Crippen LogP contribution in [0, 0.1) is 5.92 Å². The molecule has 1 rings (SSSR count). The van der Waals surface area contributed by atoms with Gasteiger partial charge in [0.25, 0.3) is 0 Å². The minimum absolute atomic E-state index is 0.0706. The number of carbonyl (C=O) groups is 1. The molecule has 0 heterocycles. The first-order valence-corrected chi connectivity index (χ1v) is 6.67. The molecule has 0 saturated heterocycles. The number of nitrogens with one attached hydrogen (secondary N) is 2. The van der Waals surface area contributed by atoms with Crippen LogP contribution < -0.4 is 10.6 Å². The molecular formula is C14H21ClN2O. The van der Waals surface area contributed by atoms with Crippen LogP contribution >= 0.6 is 11.6 Å². The van der Waals surface area contributed by atoms with Crippen molar-refractivity contribution in [1.29, 1.82) is 0 Å². The zero-order valence-corrected chi connectivity index (χ0v) is 11.8. The van der Waals surface area contributed by atoms with Crippen LogP contribution in [0.1, 0.15) is 25.8 Å². The number of rotatable bonds is 7. The second kappa shape index (κ2) is 8.11. The fourth-order valence-electron chi connectivity index (χ4n) is 1.48. The molecule has 0 atom stereocenters. The van der Waals surface area contributed by atoms with Crippen LogP contribution in [-0.2, 0) is 11.3 Å². The van der Waals surface area contributed by atoms with Crippen molar-refractivity contribution in [2.24, 2.45) is 5.92 Å². The molecule has 2 N–H and O–H groups in total. The summed E-state index contributed by atoms with van der Waals surface area (Å²) in [6.07, 6.45) is 0.514. The predicted molar refractivity (Wildman–Crippen MR) is 75.6 cm³/mol. The molecule has 1 amide bonds. The highest BCUT2D eigenvalue weighted by atomic mass is 35.5. The zero-order chi connectivity index (χ0) is 13.4. The molecule has 0 fully saturated rings. The highest BCUT2D eigenvalue weighted by Crippen LogP contribution is 2.09. The van der Waals surface area contributed by atoms with Crippen molar-refractivity contribution in [3.05, 3.63) is 34.9 Å².